The monoisotopic (exact) mass is 242 g/mol. The fourth-order valence-electron chi connectivity index (χ4n) is 3.18. The molecule has 2 nitrogen and oxygen atoms in total. The number of hydrogen-bond donors (Lipinski definition) is 1. The highest BCUT2D eigenvalue weighted by atomic mass is 32.2. The average Bonchev–Trinajstić information content (AvgIpc) is 2.71. The summed E-state index contributed by atoms with van der Waals surface area (Å²) >= 11 is 2.15. The van der Waals surface area contributed by atoms with Crippen molar-refractivity contribution in [3.8, 4) is 0 Å². The molecular weight excluding hydrogens is 216 g/mol. The summed E-state index contributed by atoms with van der Waals surface area (Å²) in [4.78, 5) is 2.76. The molecule has 0 aromatic heterocycles. The summed E-state index contributed by atoms with van der Waals surface area (Å²) < 4.78 is 0. The van der Waals surface area contributed by atoms with Gasteiger partial charge < -0.3 is 5.32 Å². The molecule has 2 unspecified atom stereocenters. The Morgan fingerprint density at radius 1 is 1.38 bits per heavy atom. The Labute approximate surface area is 105 Å². The summed E-state index contributed by atoms with van der Waals surface area (Å²) in [6.07, 6.45) is 2.72. The molecule has 0 aliphatic carbocycles. The second-order valence-electron chi connectivity index (χ2n) is 6.01. The van der Waals surface area contributed by atoms with Crippen LogP contribution in [0.2, 0.25) is 0 Å². The fourth-order valence-corrected chi connectivity index (χ4v) is 4.55. The van der Waals surface area contributed by atoms with Crippen LogP contribution in [0.25, 0.3) is 0 Å². The van der Waals surface area contributed by atoms with E-state index in [0.717, 1.165) is 12.1 Å². The third-order valence-corrected chi connectivity index (χ3v) is 5.53. The van der Waals surface area contributed by atoms with Crippen LogP contribution in [-0.4, -0.2) is 48.1 Å². The maximum atomic E-state index is 3.50. The highest BCUT2D eigenvalue weighted by Crippen LogP contribution is 2.36. The first kappa shape index (κ1) is 12.7. The summed E-state index contributed by atoms with van der Waals surface area (Å²) in [5.41, 5.74) is 0.535. The molecule has 2 aliphatic rings. The van der Waals surface area contributed by atoms with Crippen molar-refractivity contribution in [3.63, 3.8) is 0 Å². The topological polar surface area (TPSA) is 15.3 Å². The van der Waals surface area contributed by atoms with Crippen molar-refractivity contribution in [1.29, 1.82) is 0 Å². The maximum Gasteiger partial charge on any atom is 0.0235 e. The highest BCUT2D eigenvalue weighted by Gasteiger charge is 2.34. The maximum absolute atomic E-state index is 3.50. The van der Waals surface area contributed by atoms with E-state index in [1.165, 1.54) is 44.0 Å². The number of nitrogens with one attached hydrogen (secondary N) is 1. The summed E-state index contributed by atoms with van der Waals surface area (Å²) in [5.74, 6) is 2.68. The molecule has 2 atom stereocenters. The van der Waals surface area contributed by atoms with Gasteiger partial charge in [-0.2, -0.15) is 11.8 Å². The third-order valence-electron chi connectivity index (χ3n) is 3.93. The SMILES string of the molecule is CCN(C1CCNC1)C1CSCC(C)(C)C1. The van der Waals surface area contributed by atoms with Crippen molar-refractivity contribution in [2.45, 2.75) is 45.7 Å². The van der Waals surface area contributed by atoms with Gasteiger partial charge in [0.15, 0.2) is 0 Å². The number of likely N-dealkylation sites (N-methyl/N-ethyl adjacent to an activating group) is 1. The zero-order valence-corrected chi connectivity index (χ0v) is 11.8. The van der Waals surface area contributed by atoms with Crippen LogP contribution >= 0.6 is 11.8 Å². The summed E-state index contributed by atoms with van der Waals surface area (Å²) in [6, 6.07) is 1.60. The molecule has 94 valence electrons. The van der Waals surface area contributed by atoms with Gasteiger partial charge in [-0.1, -0.05) is 20.8 Å². The molecule has 0 aromatic rings. The molecular formula is C13H26N2S. The van der Waals surface area contributed by atoms with Gasteiger partial charge in [0.05, 0.1) is 0 Å². The zero-order valence-electron chi connectivity index (χ0n) is 11.0. The van der Waals surface area contributed by atoms with E-state index in [9.17, 15) is 0 Å². The van der Waals surface area contributed by atoms with Crippen LogP contribution in [0.15, 0.2) is 0 Å². The third kappa shape index (κ3) is 2.93. The minimum Gasteiger partial charge on any atom is -0.315 e. The van der Waals surface area contributed by atoms with Crippen molar-refractivity contribution in [3.05, 3.63) is 0 Å². The van der Waals surface area contributed by atoms with Gasteiger partial charge in [-0.15, -0.1) is 0 Å². The van der Waals surface area contributed by atoms with Gasteiger partial charge in [-0.05, 0) is 37.1 Å². The van der Waals surface area contributed by atoms with Crippen LogP contribution in [0.3, 0.4) is 0 Å². The Morgan fingerprint density at radius 3 is 2.75 bits per heavy atom. The molecule has 2 rings (SSSR count). The summed E-state index contributed by atoms with van der Waals surface area (Å²) in [6.45, 7) is 10.8. The molecule has 0 aromatic carbocycles. The Morgan fingerprint density at radius 2 is 2.19 bits per heavy atom. The first-order valence-corrected chi connectivity index (χ1v) is 7.82. The minimum atomic E-state index is 0.535. The molecule has 3 heteroatoms. The second kappa shape index (κ2) is 5.28. The molecule has 0 saturated carbocycles. The van der Waals surface area contributed by atoms with Crippen molar-refractivity contribution >= 4 is 11.8 Å². The van der Waals surface area contributed by atoms with Gasteiger partial charge in [0.2, 0.25) is 0 Å². The lowest BCUT2D eigenvalue weighted by Gasteiger charge is -2.43. The van der Waals surface area contributed by atoms with Crippen molar-refractivity contribution in [1.82, 2.24) is 10.2 Å². The molecule has 2 saturated heterocycles. The molecule has 0 amide bonds. The second-order valence-corrected chi connectivity index (χ2v) is 7.04. The van der Waals surface area contributed by atoms with Crippen LogP contribution in [0.1, 0.15) is 33.6 Å². The Bertz CT molecular complexity index is 224. The van der Waals surface area contributed by atoms with Crippen molar-refractivity contribution in [2.24, 2.45) is 5.41 Å². The van der Waals surface area contributed by atoms with Crippen LogP contribution in [0, 0.1) is 5.41 Å². The van der Waals surface area contributed by atoms with E-state index in [1.54, 1.807) is 0 Å². The Balaban J connectivity index is 1.97. The quantitative estimate of drug-likeness (QED) is 0.817. The number of rotatable bonds is 3. The van der Waals surface area contributed by atoms with E-state index in [4.69, 9.17) is 0 Å². The molecule has 1 N–H and O–H groups in total. The van der Waals surface area contributed by atoms with E-state index in [0.29, 0.717) is 5.41 Å². The van der Waals surface area contributed by atoms with E-state index in [-0.39, 0.29) is 0 Å². The van der Waals surface area contributed by atoms with E-state index in [2.05, 4.69) is 42.7 Å². The number of hydrogen-bond acceptors (Lipinski definition) is 3. The minimum absolute atomic E-state index is 0.535. The summed E-state index contributed by atoms with van der Waals surface area (Å²) in [7, 11) is 0. The molecule has 2 heterocycles. The summed E-state index contributed by atoms with van der Waals surface area (Å²) in [5, 5.41) is 3.50. The molecule has 16 heavy (non-hydrogen) atoms. The van der Waals surface area contributed by atoms with Gasteiger partial charge in [0.25, 0.3) is 0 Å². The van der Waals surface area contributed by atoms with E-state index in [1.807, 2.05) is 0 Å². The molecule has 0 bridgehead atoms. The van der Waals surface area contributed by atoms with E-state index < -0.39 is 0 Å². The van der Waals surface area contributed by atoms with Gasteiger partial charge in [0, 0.05) is 24.4 Å². The molecule has 2 fully saturated rings. The zero-order chi connectivity index (χ0) is 11.6. The van der Waals surface area contributed by atoms with Crippen LogP contribution in [-0.2, 0) is 0 Å². The molecule has 0 spiro atoms. The van der Waals surface area contributed by atoms with Gasteiger partial charge >= 0.3 is 0 Å². The Kier molecular flexibility index (Phi) is 4.20. The lowest BCUT2D eigenvalue weighted by Crippen LogP contribution is -2.49. The van der Waals surface area contributed by atoms with Gasteiger partial charge in [-0.3, -0.25) is 4.90 Å². The lowest BCUT2D eigenvalue weighted by molar-refractivity contribution is 0.125. The highest BCUT2D eigenvalue weighted by molar-refractivity contribution is 7.99. The van der Waals surface area contributed by atoms with E-state index >= 15 is 0 Å². The number of nitrogens with zero attached hydrogens (tertiary/aromatic N) is 1. The van der Waals surface area contributed by atoms with Crippen LogP contribution in [0.4, 0.5) is 0 Å². The smallest absolute Gasteiger partial charge is 0.0235 e. The standard InChI is InChI=1S/C13H26N2S/c1-4-15(11-5-6-14-8-11)12-7-13(2,3)10-16-9-12/h11-12,14H,4-10H2,1-3H3. The largest absolute Gasteiger partial charge is 0.315 e. The fraction of sp³-hybridized carbons (Fsp3) is 1.00. The van der Waals surface area contributed by atoms with Crippen molar-refractivity contribution < 1.29 is 0 Å². The van der Waals surface area contributed by atoms with Crippen LogP contribution in [0.5, 0.6) is 0 Å². The first-order valence-electron chi connectivity index (χ1n) is 6.66. The van der Waals surface area contributed by atoms with Crippen LogP contribution < -0.4 is 5.32 Å². The van der Waals surface area contributed by atoms with Gasteiger partial charge in [0.1, 0.15) is 0 Å². The molecule has 0 radical (unpaired) electrons. The first-order chi connectivity index (χ1) is 7.62. The normalized spacial score (nSPS) is 34.5. The van der Waals surface area contributed by atoms with Gasteiger partial charge in [-0.25, -0.2) is 0 Å². The predicted octanol–water partition coefficient (Wildman–Crippen LogP) is 2.20. The van der Waals surface area contributed by atoms with Crippen molar-refractivity contribution in [2.75, 3.05) is 31.1 Å². The average molecular weight is 242 g/mol. The molecule has 2 aliphatic heterocycles. The lowest BCUT2D eigenvalue weighted by atomic mass is 9.86. The number of thioether (sulfide) groups is 1. The predicted molar refractivity (Wildman–Crippen MR) is 73.2 cm³/mol. The Hall–Kier alpha value is 0.270.